The summed E-state index contributed by atoms with van der Waals surface area (Å²) in [5.74, 6) is 0.837. The van der Waals surface area contributed by atoms with Crippen LogP contribution in [-0.2, 0) is 5.41 Å². The second kappa shape index (κ2) is 7.77. The van der Waals surface area contributed by atoms with Gasteiger partial charge in [-0.05, 0) is 36.4 Å². The first-order valence-electron chi connectivity index (χ1n) is 10.6. The fraction of sp³-hybridized carbons (Fsp3) is 0.167. The Hall–Kier alpha value is -4.60. The molecule has 0 aliphatic heterocycles. The van der Waals surface area contributed by atoms with E-state index in [2.05, 4.69) is 30.7 Å². The number of carbonyl (C=O) groups excluding carboxylic acids is 2. The van der Waals surface area contributed by atoms with Crippen LogP contribution in [0.25, 0.3) is 21.9 Å². The van der Waals surface area contributed by atoms with Crippen molar-refractivity contribution in [3.8, 4) is 5.75 Å². The smallest absolute Gasteiger partial charge is 0.324 e. The number of aromatic amines is 2. The number of ketones is 1. The van der Waals surface area contributed by atoms with E-state index >= 15 is 0 Å². The molecule has 0 aliphatic carbocycles. The van der Waals surface area contributed by atoms with E-state index in [1.165, 1.54) is 6.20 Å². The van der Waals surface area contributed by atoms with Gasteiger partial charge in [-0.1, -0.05) is 25.9 Å². The molecule has 0 saturated heterocycles. The Labute approximate surface area is 193 Å². The van der Waals surface area contributed by atoms with Crippen LogP contribution in [0.4, 0.5) is 16.3 Å². The summed E-state index contributed by atoms with van der Waals surface area (Å²) in [4.78, 5) is 35.7. The minimum Gasteiger partial charge on any atom is -0.508 e. The lowest BCUT2D eigenvalue weighted by atomic mass is 9.93. The van der Waals surface area contributed by atoms with E-state index in [-0.39, 0.29) is 16.9 Å². The molecule has 0 fully saturated rings. The molecule has 172 valence electrons. The second-order valence-electron chi connectivity index (χ2n) is 9.03. The highest BCUT2D eigenvalue weighted by molar-refractivity contribution is 6.11. The molecule has 5 rings (SSSR count). The van der Waals surface area contributed by atoms with Crippen LogP contribution < -0.4 is 10.6 Å². The fourth-order valence-electron chi connectivity index (χ4n) is 3.56. The van der Waals surface area contributed by atoms with Crippen molar-refractivity contribution in [2.75, 3.05) is 10.6 Å². The molecule has 34 heavy (non-hydrogen) atoms. The van der Waals surface area contributed by atoms with Gasteiger partial charge in [-0.25, -0.2) is 9.78 Å². The van der Waals surface area contributed by atoms with Crippen molar-refractivity contribution in [2.24, 2.45) is 0 Å². The van der Waals surface area contributed by atoms with Gasteiger partial charge in [0.1, 0.15) is 17.2 Å². The first-order chi connectivity index (χ1) is 16.2. The van der Waals surface area contributed by atoms with Gasteiger partial charge in [-0.3, -0.25) is 10.1 Å². The number of phenols is 1. The Morgan fingerprint density at radius 3 is 2.50 bits per heavy atom. The number of pyridine rings is 1. The first kappa shape index (κ1) is 21.3. The van der Waals surface area contributed by atoms with E-state index < -0.39 is 6.03 Å². The Bertz CT molecular complexity index is 1550. The largest absolute Gasteiger partial charge is 0.508 e. The Balaban J connectivity index is 1.32. The van der Waals surface area contributed by atoms with E-state index in [9.17, 15) is 14.7 Å². The number of hydrogen-bond donors (Lipinski definition) is 5. The van der Waals surface area contributed by atoms with Crippen molar-refractivity contribution < 1.29 is 19.2 Å². The summed E-state index contributed by atoms with van der Waals surface area (Å²) >= 11 is 0. The van der Waals surface area contributed by atoms with Crippen LogP contribution in [0.15, 0.2) is 53.2 Å². The topological polar surface area (TPSA) is 149 Å². The number of nitrogens with zero attached hydrogens (tertiary/aromatic N) is 2. The lowest BCUT2D eigenvalue weighted by Crippen LogP contribution is -2.19. The molecule has 10 heteroatoms. The molecule has 4 aromatic heterocycles. The predicted octanol–water partition coefficient (Wildman–Crippen LogP) is 4.91. The highest BCUT2D eigenvalue weighted by Crippen LogP contribution is 2.25. The van der Waals surface area contributed by atoms with Crippen molar-refractivity contribution in [2.45, 2.75) is 26.2 Å². The molecule has 4 heterocycles. The van der Waals surface area contributed by atoms with E-state index in [4.69, 9.17) is 4.52 Å². The molecule has 10 nitrogen and oxygen atoms in total. The molecule has 1 aromatic carbocycles. The van der Waals surface area contributed by atoms with E-state index in [0.717, 1.165) is 10.9 Å². The molecular formula is C24H22N6O4. The number of urea groups is 1. The minimum atomic E-state index is -0.497. The van der Waals surface area contributed by atoms with Crippen LogP contribution in [0.2, 0.25) is 0 Å². The summed E-state index contributed by atoms with van der Waals surface area (Å²) in [5, 5.41) is 20.2. The van der Waals surface area contributed by atoms with E-state index in [1.54, 1.807) is 42.5 Å². The van der Waals surface area contributed by atoms with Gasteiger partial charge in [-0.15, -0.1) is 0 Å². The van der Waals surface area contributed by atoms with Crippen molar-refractivity contribution in [1.82, 2.24) is 20.1 Å². The Kier molecular flexibility index (Phi) is 4.85. The summed E-state index contributed by atoms with van der Waals surface area (Å²) in [6.07, 6.45) is 1.49. The zero-order valence-electron chi connectivity index (χ0n) is 18.7. The van der Waals surface area contributed by atoms with Crippen molar-refractivity contribution in [3.05, 3.63) is 65.8 Å². The summed E-state index contributed by atoms with van der Waals surface area (Å²) in [6, 6.07) is 11.1. The molecule has 0 unspecified atom stereocenters. The fourth-order valence-corrected chi connectivity index (χ4v) is 3.56. The lowest BCUT2D eigenvalue weighted by molar-refractivity contribution is 0.103. The van der Waals surface area contributed by atoms with Crippen LogP contribution in [0.1, 0.15) is 42.7 Å². The van der Waals surface area contributed by atoms with Crippen molar-refractivity contribution >= 4 is 45.3 Å². The molecule has 2 amide bonds. The molecule has 5 N–H and O–H groups in total. The number of amides is 2. The molecule has 0 atom stereocenters. The number of aromatic nitrogens is 4. The predicted molar refractivity (Wildman–Crippen MR) is 127 cm³/mol. The van der Waals surface area contributed by atoms with Crippen LogP contribution in [0.5, 0.6) is 5.75 Å². The van der Waals surface area contributed by atoms with E-state index in [1.807, 2.05) is 20.8 Å². The van der Waals surface area contributed by atoms with Crippen molar-refractivity contribution in [3.63, 3.8) is 0 Å². The number of hydrogen-bond acceptors (Lipinski definition) is 6. The quantitative estimate of drug-likeness (QED) is 0.242. The first-order valence-corrected chi connectivity index (χ1v) is 10.6. The number of anilines is 2. The number of nitrogens with one attached hydrogen (secondary N) is 4. The van der Waals surface area contributed by atoms with Crippen molar-refractivity contribution in [1.29, 1.82) is 0 Å². The molecule has 0 spiro atoms. The lowest BCUT2D eigenvalue weighted by Gasteiger charge is -2.12. The van der Waals surface area contributed by atoms with Crippen LogP contribution in [0, 0.1) is 0 Å². The number of phenolic OH excluding ortho intramolecular Hbond substituents is 1. The maximum atomic E-state index is 13.0. The Morgan fingerprint density at radius 1 is 0.971 bits per heavy atom. The molecule has 5 aromatic rings. The van der Waals surface area contributed by atoms with Gasteiger partial charge in [-0.2, -0.15) is 0 Å². The Morgan fingerprint density at radius 2 is 1.74 bits per heavy atom. The van der Waals surface area contributed by atoms with Crippen LogP contribution in [0.3, 0.4) is 0 Å². The zero-order valence-corrected chi connectivity index (χ0v) is 18.7. The summed E-state index contributed by atoms with van der Waals surface area (Å²) in [5.41, 5.74) is 2.20. The van der Waals surface area contributed by atoms with Gasteiger partial charge in [0.15, 0.2) is 5.82 Å². The van der Waals surface area contributed by atoms with Gasteiger partial charge in [0.25, 0.3) is 0 Å². The third-order valence-corrected chi connectivity index (χ3v) is 5.31. The van der Waals surface area contributed by atoms with Gasteiger partial charge in [0, 0.05) is 27.8 Å². The average Bonchev–Trinajstić information content (AvgIpc) is 3.49. The maximum absolute atomic E-state index is 13.0. The van der Waals surface area contributed by atoms with Crippen LogP contribution >= 0.6 is 0 Å². The van der Waals surface area contributed by atoms with E-state index in [0.29, 0.717) is 39.7 Å². The number of carbonyl (C=O) groups is 2. The summed E-state index contributed by atoms with van der Waals surface area (Å²) < 4.78 is 5.27. The molecule has 0 saturated carbocycles. The molecule has 0 radical (unpaired) electrons. The number of benzene rings is 1. The highest BCUT2D eigenvalue weighted by Gasteiger charge is 2.20. The van der Waals surface area contributed by atoms with Gasteiger partial charge in [0.05, 0.1) is 23.3 Å². The molecule has 0 bridgehead atoms. The molecule has 0 aliphatic rings. The number of H-pyrrole nitrogens is 2. The number of fused-ring (bicyclic) bond motifs is 2. The van der Waals surface area contributed by atoms with Gasteiger partial charge >= 0.3 is 6.03 Å². The normalized spacial score (nSPS) is 11.7. The standard InChI is InChI=1S/C24H22N6O4/c1-24(2,3)19-10-20(30-34-19)29-23(33)26-14-6-13-9-18(28-22(13)25-11-14)21(32)17-8-12-7-15(31)4-5-16(12)27-17/h4-11,27,31H,1-3H3,(H,25,28)(H2,26,29,30,33). The highest BCUT2D eigenvalue weighted by atomic mass is 16.5. The monoisotopic (exact) mass is 458 g/mol. The summed E-state index contributed by atoms with van der Waals surface area (Å²) in [6.45, 7) is 5.95. The van der Waals surface area contributed by atoms with Crippen LogP contribution in [-0.4, -0.2) is 37.0 Å². The third kappa shape index (κ3) is 4.08. The zero-order chi connectivity index (χ0) is 24.0. The number of rotatable bonds is 4. The molecular weight excluding hydrogens is 436 g/mol. The van der Waals surface area contributed by atoms with Gasteiger partial charge < -0.3 is 24.9 Å². The second-order valence-corrected chi connectivity index (χ2v) is 9.03. The third-order valence-electron chi connectivity index (χ3n) is 5.31. The minimum absolute atomic E-state index is 0.127. The summed E-state index contributed by atoms with van der Waals surface area (Å²) in [7, 11) is 0. The maximum Gasteiger partial charge on any atom is 0.324 e. The average molecular weight is 458 g/mol. The SMILES string of the molecule is CC(C)(C)c1cc(NC(=O)Nc2cnc3[nH]c(C(=O)c4cc5cc(O)ccc5[nH]4)cc3c2)no1. The van der Waals surface area contributed by atoms with Gasteiger partial charge in [0.2, 0.25) is 5.78 Å². The number of aromatic hydroxyl groups is 1.